The first-order valence-electron chi connectivity index (χ1n) is 10.0. The summed E-state index contributed by atoms with van der Waals surface area (Å²) in [4.78, 5) is 27.2. The molecular weight excluding hydrogens is 404 g/mol. The second kappa shape index (κ2) is 7.75. The first-order valence-corrected chi connectivity index (χ1v) is 11.6. The average molecular weight is 429 g/mol. The molecule has 0 unspecified atom stereocenters. The molecule has 4 rings (SSSR count). The van der Waals surface area contributed by atoms with Crippen molar-refractivity contribution in [3.8, 4) is 0 Å². The Kier molecular flexibility index (Phi) is 5.27. The van der Waals surface area contributed by atoms with Crippen LogP contribution in [-0.2, 0) is 26.0 Å². The zero-order valence-corrected chi connectivity index (χ0v) is 17.8. The van der Waals surface area contributed by atoms with Crippen molar-refractivity contribution in [1.82, 2.24) is 0 Å². The van der Waals surface area contributed by atoms with Crippen molar-refractivity contribution >= 4 is 33.3 Å². The molecule has 2 aromatic rings. The van der Waals surface area contributed by atoms with Crippen LogP contribution < -0.4 is 9.21 Å². The van der Waals surface area contributed by atoms with Gasteiger partial charge < -0.3 is 9.64 Å². The Morgan fingerprint density at radius 1 is 1.10 bits per heavy atom. The number of hydrogen-bond acceptors (Lipinski definition) is 5. The van der Waals surface area contributed by atoms with Gasteiger partial charge in [0.15, 0.2) is 6.10 Å². The number of nitrogens with zero attached hydrogens (tertiary/aromatic N) is 2. The van der Waals surface area contributed by atoms with E-state index in [0.717, 1.165) is 17.7 Å². The normalized spacial score (nSPS) is 20.7. The number of esters is 1. The summed E-state index contributed by atoms with van der Waals surface area (Å²) >= 11 is 0. The molecule has 2 atom stereocenters. The third-order valence-corrected chi connectivity index (χ3v) is 7.44. The van der Waals surface area contributed by atoms with Crippen molar-refractivity contribution in [1.29, 1.82) is 0 Å². The second-order valence-corrected chi connectivity index (χ2v) is 9.74. The van der Waals surface area contributed by atoms with Gasteiger partial charge in [0.1, 0.15) is 0 Å². The Hall–Kier alpha value is -2.87. The molecule has 158 valence electrons. The third kappa shape index (κ3) is 3.67. The molecule has 0 aromatic heterocycles. The van der Waals surface area contributed by atoms with Crippen molar-refractivity contribution in [3.63, 3.8) is 0 Å². The molecule has 0 aliphatic carbocycles. The monoisotopic (exact) mass is 428 g/mol. The van der Waals surface area contributed by atoms with Crippen molar-refractivity contribution in [2.45, 2.75) is 38.8 Å². The van der Waals surface area contributed by atoms with Gasteiger partial charge in [-0.15, -0.1) is 0 Å². The SMILES string of the molecule is C[C@H](OC(=O)c1ccc(N2CCCS2(=O)=O)cc1)C(=O)N1c2ccccc2C[C@H]1C. The van der Waals surface area contributed by atoms with Crippen LogP contribution in [0.4, 0.5) is 11.4 Å². The number of anilines is 2. The van der Waals surface area contributed by atoms with Gasteiger partial charge >= 0.3 is 5.97 Å². The number of carbonyl (C=O) groups excluding carboxylic acids is 2. The van der Waals surface area contributed by atoms with Gasteiger partial charge in [-0.05, 0) is 62.6 Å². The van der Waals surface area contributed by atoms with E-state index in [9.17, 15) is 18.0 Å². The Morgan fingerprint density at radius 2 is 1.80 bits per heavy atom. The summed E-state index contributed by atoms with van der Waals surface area (Å²) in [5.41, 5.74) is 2.75. The van der Waals surface area contributed by atoms with Gasteiger partial charge in [-0.2, -0.15) is 0 Å². The number of rotatable bonds is 4. The maximum absolute atomic E-state index is 13.0. The molecule has 1 fully saturated rings. The summed E-state index contributed by atoms with van der Waals surface area (Å²) in [7, 11) is -3.28. The van der Waals surface area contributed by atoms with E-state index in [1.165, 1.54) is 16.4 Å². The lowest BCUT2D eigenvalue weighted by molar-refractivity contribution is -0.126. The highest BCUT2D eigenvalue weighted by Gasteiger charge is 2.34. The van der Waals surface area contributed by atoms with Gasteiger partial charge in [-0.3, -0.25) is 9.10 Å². The lowest BCUT2D eigenvalue weighted by atomic mass is 10.1. The first kappa shape index (κ1) is 20.4. The minimum Gasteiger partial charge on any atom is -0.449 e. The number of para-hydroxylation sites is 1. The lowest BCUT2D eigenvalue weighted by Gasteiger charge is -2.26. The fraction of sp³-hybridized carbons (Fsp3) is 0.364. The van der Waals surface area contributed by atoms with E-state index in [1.54, 1.807) is 24.0 Å². The van der Waals surface area contributed by atoms with Gasteiger partial charge in [-0.1, -0.05) is 18.2 Å². The Balaban J connectivity index is 1.44. The summed E-state index contributed by atoms with van der Waals surface area (Å²) in [5, 5.41) is 0. The largest absolute Gasteiger partial charge is 0.449 e. The molecule has 0 bridgehead atoms. The molecule has 0 saturated carbocycles. The van der Waals surface area contributed by atoms with E-state index < -0.39 is 22.1 Å². The molecule has 8 heteroatoms. The highest BCUT2D eigenvalue weighted by Crippen LogP contribution is 2.32. The maximum Gasteiger partial charge on any atom is 0.338 e. The van der Waals surface area contributed by atoms with Crippen LogP contribution in [0.3, 0.4) is 0 Å². The van der Waals surface area contributed by atoms with Gasteiger partial charge in [-0.25, -0.2) is 13.2 Å². The standard InChI is InChI=1S/C22H24N2O5S/c1-15-14-18-6-3-4-7-20(18)24(15)21(25)16(2)29-22(26)17-8-10-19(11-9-17)23-12-5-13-30(23,27)28/h3-4,6-11,15-16H,5,12-14H2,1-2H3/t15-,16+/m1/s1. The molecule has 2 heterocycles. The Bertz CT molecular complexity index is 1080. The summed E-state index contributed by atoms with van der Waals surface area (Å²) in [6.07, 6.45) is 0.414. The third-order valence-electron chi connectivity index (χ3n) is 5.57. The first-order chi connectivity index (χ1) is 14.3. The van der Waals surface area contributed by atoms with Crippen molar-refractivity contribution in [2.75, 3.05) is 21.5 Å². The zero-order chi connectivity index (χ0) is 21.5. The van der Waals surface area contributed by atoms with Crippen LogP contribution >= 0.6 is 0 Å². The summed E-state index contributed by atoms with van der Waals surface area (Å²) in [5.74, 6) is -0.749. The number of sulfonamides is 1. The fourth-order valence-corrected chi connectivity index (χ4v) is 5.63. The number of ether oxygens (including phenoxy) is 1. The number of carbonyl (C=O) groups is 2. The van der Waals surface area contributed by atoms with Crippen LogP contribution in [0, 0.1) is 0 Å². The van der Waals surface area contributed by atoms with Crippen LogP contribution in [0.2, 0.25) is 0 Å². The molecule has 30 heavy (non-hydrogen) atoms. The maximum atomic E-state index is 13.0. The topological polar surface area (TPSA) is 84.0 Å². The molecular formula is C22H24N2O5S. The van der Waals surface area contributed by atoms with E-state index in [1.807, 2.05) is 31.2 Å². The van der Waals surface area contributed by atoms with Gasteiger partial charge in [0.2, 0.25) is 10.0 Å². The van der Waals surface area contributed by atoms with Gasteiger partial charge in [0.05, 0.1) is 17.0 Å². The molecule has 0 N–H and O–H groups in total. The van der Waals surface area contributed by atoms with Crippen molar-refractivity contribution in [2.24, 2.45) is 0 Å². The lowest BCUT2D eigenvalue weighted by Crippen LogP contribution is -2.43. The predicted molar refractivity (Wildman–Crippen MR) is 114 cm³/mol. The molecule has 2 aliphatic rings. The average Bonchev–Trinajstić information content (AvgIpc) is 3.25. The van der Waals surface area contributed by atoms with Gasteiger partial charge in [0, 0.05) is 18.3 Å². The predicted octanol–water partition coefficient (Wildman–Crippen LogP) is 2.75. The smallest absolute Gasteiger partial charge is 0.338 e. The molecule has 0 spiro atoms. The van der Waals surface area contributed by atoms with Crippen molar-refractivity contribution in [3.05, 3.63) is 59.7 Å². The van der Waals surface area contributed by atoms with E-state index in [-0.39, 0.29) is 23.3 Å². The van der Waals surface area contributed by atoms with Crippen LogP contribution in [0.15, 0.2) is 48.5 Å². The van der Waals surface area contributed by atoms with Gasteiger partial charge in [0.25, 0.3) is 5.91 Å². The highest BCUT2D eigenvalue weighted by atomic mass is 32.2. The molecule has 1 saturated heterocycles. The van der Waals surface area contributed by atoms with E-state index in [4.69, 9.17) is 4.74 Å². The summed E-state index contributed by atoms with van der Waals surface area (Å²) in [6, 6.07) is 13.9. The number of benzene rings is 2. The Morgan fingerprint density at radius 3 is 2.47 bits per heavy atom. The van der Waals surface area contributed by atoms with Crippen LogP contribution in [-0.4, -0.2) is 44.7 Å². The second-order valence-electron chi connectivity index (χ2n) is 7.73. The number of hydrogen-bond donors (Lipinski definition) is 0. The minimum atomic E-state index is -3.28. The van der Waals surface area contributed by atoms with E-state index in [0.29, 0.717) is 18.7 Å². The minimum absolute atomic E-state index is 0.00209. The van der Waals surface area contributed by atoms with Crippen LogP contribution in [0.5, 0.6) is 0 Å². The summed E-state index contributed by atoms with van der Waals surface area (Å²) < 4.78 is 30.8. The number of fused-ring (bicyclic) bond motifs is 1. The molecule has 7 nitrogen and oxygen atoms in total. The number of amides is 1. The summed E-state index contributed by atoms with van der Waals surface area (Å²) in [6.45, 7) is 3.98. The quantitative estimate of drug-likeness (QED) is 0.699. The highest BCUT2D eigenvalue weighted by molar-refractivity contribution is 7.93. The van der Waals surface area contributed by atoms with Crippen LogP contribution in [0.1, 0.15) is 36.2 Å². The molecule has 2 aliphatic heterocycles. The van der Waals surface area contributed by atoms with E-state index in [2.05, 4.69) is 0 Å². The molecule has 1 amide bonds. The van der Waals surface area contributed by atoms with E-state index >= 15 is 0 Å². The Labute approximate surface area is 176 Å². The zero-order valence-electron chi connectivity index (χ0n) is 16.9. The molecule has 2 aromatic carbocycles. The van der Waals surface area contributed by atoms with Crippen molar-refractivity contribution < 1.29 is 22.7 Å². The fourth-order valence-electron chi connectivity index (χ4n) is 4.07. The molecule has 0 radical (unpaired) electrons. The van der Waals surface area contributed by atoms with Crippen LogP contribution in [0.25, 0.3) is 0 Å².